The molecular formula is C16H21BrClN. The highest BCUT2D eigenvalue weighted by molar-refractivity contribution is 9.10. The van der Waals surface area contributed by atoms with Crippen LogP contribution in [0.25, 0.3) is 0 Å². The van der Waals surface area contributed by atoms with Gasteiger partial charge in [0.2, 0.25) is 0 Å². The Hall–Kier alpha value is -0.210. The summed E-state index contributed by atoms with van der Waals surface area (Å²) in [5.74, 6) is 1.51. The van der Waals surface area contributed by atoms with Crippen molar-refractivity contribution in [1.82, 2.24) is 0 Å². The summed E-state index contributed by atoms with van der Waals surface area (Å²) in [6, 6.07) is 7.32. The standard InChI is InChI=1S/C16H21BrClN/c17-14-7-8-16(13(10-14)11-18)19-9-3-6-15(19)12-4-1-2-5-12/h7-8,10,12,15H,1-6,9,11H2. The second-order valence-corrected chi connectivity index (χ2v) is 7.04. The quantitative estimate of drug-likeness (QED) is 0.670. The smallest absolute Gasteiger partial charge is 0.0494 e. The van der Waals surface area contributed by atoms with E-state index in [1.54, 1.807) is 0 Å². The molecule has 0 radical (unpaired) electrons. The molecule has 2 fully saturated rings. The van der Waals surface area contributed by atoms with Crippen molar-refractivity contribution in [1.29, 1.82) is 0 Å². The average molecular weight is 343 g/mol. The number of nitrogens with zero attached hydrogens (tertiary/aromatic N) is 1. The lowest BCUT2D eigenvalue weighted by Gasteiger charge is -2.32. The highest BCUT2D eigenvalue weighted by atomic mass is 79.9. The minimum absolute atomic E-state index is 0.600. The molecule has 1 saturated heterocycles. The van der Waals surface area contributed by atoms with Crippen molar-refractivity contribution in [3.05, 3.63) is 28.2 Å². The summed E-state index contributed by atoms with van der Waals surface area (Å²) in [5, 5.41) is 0. The number of halogens is 2. The molecule has 1 atom stereocenters. The lowest BCUT2D eigenvalue weighted by molar-refractivity contribution is 0.430. The lowest BCUT2D eigenvalue weighted by atomic mass is 9.95. The van der Waals surface area contributed by atoms with Crippen LogP contribution in [0.4, 0.5) is 5.69 Å². The van der Waals surface area contributed by atoms with Crippen molar-refractivity contribution in [3.63, 3.8) is 0 Å². The SMILES string of the molecule is ClCc1cc(Br)ccc1N1CCCC1C1CCCC1. The molecular weight excluding hydrogens is 322 g/mol. The van der Waals surface area contributed by atoms with Gasteiger partial charge in [0, 0.05) is 28.6 Å². The zero-order valence-electron chi connectivity index (χ0n) is 11.2. The van der Waals surface area contributed by atoms with Crippen LogP contribution < -0.4 is 4.90 Å². The predicted molar refractivity (Wildman–Crippen MR) is 86.0 cm³/mol. The Kier molecular flexibility index (Phi) is 4.38. The first-order valence-corrected chi connectivity index (χ1v) is 8.73. The maximum atomic E-state index is 6.14. The first-order chi connectivity index (χ1) is 9.29. The van der Waals surface area contributed by atoms with Crippen LogP contribution >= 0.6 is 27.5 Å². The molecule has 19 heavy (non-hydrogen) atoms. The van der Waals surface area contributed by atoms with Gasteiger partial charge >= 0.3 is 0 Å². The van der Waals surface area contributed by atoms with E-state index in [4.69, 9.17) is 11.6 Å². The molecule has 1 saturated carbocycles. The van der Waals surface area contributed by atoms with E-state index in [-0.39, 0.29) is 0 Å². The number of benzene rings is 1. The third-order valence-corrected chi connectivity index (χ3v) is 5.52. The fraction of sp³-hybridized carbons (Fsp3) is 0.625. The van der Waals surface area contributed by atoms with Crippen LogP contribution in [0.3, 0.4) is 0 Å². The number of rotatable bonds is 3. The monoisotopic (exact) mass is 341 g/mol. The van der Waals surface area contributed by atoms with Crippen molar-refractivity contribution < 1.29 is 0 Å². The molecule has 104 valence electrons. The summed E-state index contributed by atoms with van der Waals surface area (Å²) in [5.41, 5.74) is 2.63. The van der Waals surface area contributed by atoms with Crippen LogP contribution in [0.5, 0.6) is 0 Å². The van der Waals surface area contributed by atoms with E-state index in [2.05, 4.69) is 39.0 Å². The van der Waals surface area contributed by atoms with E-state index in [9.17, 15) is 0 Å². The number of anilines is 1. The Balaban J connectivity index is 1.87. The van der Waals surface area contributed by atoms with Gasteiger partial charge in [-0.05, 0) is 55.4 Å². The minimum atomic E-state index is 0.600. The Morgan fingerprint density at radius 3 is 2.68 bits per heavy atom. The molecule has 3 rings (SSSR count). The average Bonchev–Trinajstić information content (AvgIpc) is 3.08. The zero-order chi connectivity index (χ0) is 13.2. The Morgan fingerprint density at radius 2 is 1.95 bits per heavy atom. The Bertz CT molecular complexity index is 442. The van der Waals surface area contributed by atoms with Crippen LogP contribution in [-0.4, -0.2) is 12.6 Å². The van der Waals surface area contributed by atoms with E-state index < -0.39 is 0 Å². The highest BCUT2D eigenvalue weighted by Crippen LogP contribution is 2.39. The van der Waals surface area contributed by atoms with Crippen molar-refractivity contribution in [2.24, 2.45) is 5.92 Å². The molecule has 0 N–H and O–H groups in total. The molecule has 1 heterocycles. The molecule has 1 aromatic carbocycles. The van der Waals surface area contributed by atoms with Crippen LogP contribution in [-0.2, 0) is 5.88 Å². The normalized spacial score (nSPS) is 24.3. The zero-order valence-corrected chi connectivity index (χ0v) is 13.6. The van der Waals surface area contributed by atoms with Gasteiger partial charge in [-0.3, -0.25) is 0 Å². The number of hydrogen-bond donors (Lipinski definition) is 0. The molecule has 1 aromatic rings. The molecule has 0 spiro atoms. The summed E-state index contributed by atoms with van der Waals surface area (Å²) < 4.78 is 1.13. The molecule has 0 bridgehead atoms. The van der Waals surface area contributed by atoms with E-state index in [0.29, 0.717) is 5.88 Å². The molecule has 0 aromatic heterocycles. The van der Waals surface area contributed by atoms with Gasteiger partial charge in [0.25, 0.3) is 0 Å². The van der Waals surface area contributed by atoms with Crippen molar-refractivity contribution in [2.75, 3.05) is 11.4 Å². The first kappa shape index (κ1) is 13.8. The third kappa shape index (κ3) is 2.80. The van der Waals surface area contributed by atoms with Crippen LogP contribution in [0.2, 0.25) is 0 Å². The molecule has 1 unspecified atom stereocenters. The largest absolute Gasteiger partial charge is 0.368 e. The summed E-state index contributed by atoms with van der Waals surface area (Å²) in [6.45, 7) is 1.20. The van der Waals surface area contributed by atoms with Gasteiger partial charge in [-0.2, -0.15) is 0 Å². The van der Waals surface area contributed by atoms with Crippen molar-refractivity contribution >= 4 is 33.2 Å². The molecule has 1 nitrogen and oxygen atoms in total. The van der Waals surface area contributed by atoms with E-state index in [1.807, 2.05) is 0 Å². The molecule has 1 aliphatic carbocycles. The Labute approximate surface area is 129 Å². The summed E-state index contributed by atoms with van der Waals surface area (Å²) in [4.78, 5) is 2.64. The van der Waals surface area contributed by atoms with Gasteiger partial charge in [0.15, 0.2) is 0 Å². The van der Waals surface area contributed by atoms with Gasteiger partial charge < -0.3 is 4.90 Å². The van der Waals surface area contributed by atoms with Crippen LogP contribution in [0.1, 0.15) is 44.1 Å². The topological polar surface area (TPSA) is 3.24 Å². The number of hydrogen-bond acceptors (Lipinski definition) is 1. The minimum Gasteiger partial charge on any atom is -0.368 e. The van der Waals surface area contributed by atoms with Crippen LogP contribution in [0.15, 0.2) is 22.7 Å². The van der Waals surface area contributed by atoms with Crippen molar-refractivity contribution in [3.8, 4) is 0 Å². The third-order valence-electron chi connectivity index (χ3n) is 4.74. The maximum Gasteiger partial charge on any atom is 0.0494 e. The first-order valence-electron chi connectivity index (χ1n) is 7.40. The van der Waals surface area contributed by atoms with E-state index in [0.717, 1.165) is 16.4 Å². The fourth-order valence-electron chi connectivity index (χ4n) is 3.87. The molecule has 2 aliphatic rings. The molecule has 1 aliphatic heterocycles. The molecule has 3 heteroatoms. The van der Waals surface area contributed by atoms with E-state index in [1.165, 1.54) is 56.3 Å². The van der Waals surface area contributed by atoms with Gasteiger partial charge in [0.05, 0.1) is 0 Å². The second-order valence-electron chi connectivity index (χ2n) is 5.85. The predicted octanol–water partition coefficient (Wildman–Crippen LogP) is 5.35. The number of alkyl halides is 1. The summed E-state index contributed by atoms with van der Waals surface area (Å²) >= 11 is 9.69. The molecule has 0 amide bonds. The summed E-state index contributed by atoms with van der Waals surface area (Å²) in [6.07, 6.45) is 8.40. The van der Waals surface area contributed by atoms with Gasteiger partial charge in [-0.1, -0.05) is 28.8 Å². The van der Waals surface area contributed by atoms with Crippen LogP contribution in [0, 0.1) is 5.92 Å². The van der Waals surface area contributed by atoms with Gasteiger partial charge in [-0.15, -0.1) is 11.6 Å². The lowest BCUT2D eigenvalue weighted by Crippen LogP contribution is -2.35. The fourth-order valence-corrected chi connectivity index (χ4v) is 4.49. The second kappa shape index (κ2) is 6.05. The maximum absolute atomic E-state index is 6.14. The summed E-state index contributed by atoms with van der Waals surface area (Å²) in [7, 11) is 0. The van der Waals surface area contributed by atoms with Gasteiger partial charge in [-0.25, -0.2) is 0 Å². The van der Waals surface area contributed by atoms with Gasteiger partial charge in [0.1, 0.15) is 0 Å². The van der Waals surface area contributed by atoms with E-state index >= 15 is 0 Å². The highest BCUT2D eigenvalue weighted by Gasteiger charge is 2.34. The Morgan fingerprint density at radius 1 is 1.16 bits per heavy atom. The van der Waals surface area contributed by atoms with Crippen molar-refractivity contribution in [2.45, 2.75) is 50.4 Å².